The maximum atomic E-state index is 13.7. The van der Waals surface area contributed by atoms with E-state index in [0.29, 0.717) is 31.0 Å². The fourth-order valence-electron chi connectivity index (χ4n) is 2.48. The van der Waals surface area contributed by atoms with Crippen molar-refractivity contribution in [3.63, 3.8) is 0 Å². The minimum Gasteiger partial charge on any atom is -0.340 e. The van der Waals surface area contributed by atoms with Gasteiger partial charge in [0.1, 0.15) is 5.82 Å². The highest BCUT2D eigenvalue weighted by molar-refractivity contribution is 5.73. The van der Waals surface area contributed by atoms with Crippen molar-refractivity contribution >= 4 is 5.91 Å². The summed E-state index contributed by atoms with van der Waals surface area (Å²) in [7, 11) is 0. The van der Waals surface area contributed by atoms with E-state index in [-0.39, 0.29) is 17.6 Å². The molecule has 0 spiro atoms. The van der Waals surface area contributed by atoms with Gasteiger partial charge in [-0.3, -0.25) is 9.69 Å². The molecule has 2 heterocycles. The zero-order chi connectivity index (χ0) is 15.5. The van der Waals surface area contributed by atoms with Crippen molar-refractivity contribution in [2.45, 2.75) is 13.5 Å². The van der Waals surface area contributed by atoms with Gasteiger partial charge in [0.25, 0.3) is 5.89 Å². The molecular formula is C15H17FN4O2. The number of hydrogen-bond acceptors (Lipinski definition) is 5. The quantitative estimate of drug-likeness (QED) is 0.861. The molecular weight excluding hydrogens is 287 g/mol. The fourth-order valence-corrected chi connectivity index (χ4v) is 2.48. The van der Waals surface area contributed by atoms with Crippen molar-refractivity contribution < 1.29 is 13.7 Å². The second-order valence-electron chi connectivity index (χ2n) is 5.28. The highest BCUT2D eigenvalue weighted by atomic mass is 19.1. The van der Waals surface area contributed by atoms with Crippen molar-refractivity contribution in [1.29, 1.82) is 0 Å². The zero-order valence-electron chi connectivity index (χ0n) is 12.3. The van der Waals surface area contributed by atoms with Gasteiger partial charge < -0.3 is 9.42 Å². The van der Waals surface area contributed by atoms with Gasteiger partial charge in [0.2, 0.25) is 5.91 Å². The van der Waals surface area contributed by atoms with Gasteiger partial charge in [-0.2, -0.15) is 4.98 Å². The summed E-state index contributed by atoms with van der Waals surface area (Å²) >= 11 is 0. The minimum atomic E-state index is -0.382. The number of hydrogen-bond donors (Lipinski definition) is 0. The molecule has 22 heavy (non-hydrogen) atoms. The molecule has 1 aliphatic heterocycles. The number of aromatic nitrogens is 2. The Morgan fingerprint density at radius 2 is 2.00 bits per heavy atom. The van der Waals surface area contributed by atoms with Crippen molar-refractivity contribution in [2.75, 3.05) is 26.2 Å². The molecule has 116 valence electrons. The molecule has 0 radical (unpaired) electrons. The third kappa shape index (κ3) is 3.14. The highest BCUT2D eigenvalue weighted by Gasteiger charge is 2.20. The molecule has 0 unspecified atom stereocenters. The Labute approximate surface area is 127 Å². The maximum Gasteiger partial charge on any atom is 0.260 e. The average Bonchev–Trinajstić information content (AvgIpc) is 2.96. The predicted octanol–water partition coefficient (Wildman–Crippen LogP) is 1.54. The van der Waals surface area contributed by atoms with E-state index in [0.717, 1.165) is 13.1 Å². The van der Waals surface area contributed by atoms with Gasteiger partial charge in [0.15, 0.2) is 5.82 Å². The van der Waals surface area contributed by atoms with E-state index in [1.54, 1.807) is 25.1 Å². The molecule has 1 aliphatic rings. The number of rotatable bonds is 3. The highest BCUT2D eigenvalue weighted by Crippen LogP contribution is 2.20. The second kappa shape index (κ2) is 6.23. The molecule has 0 N–H and O–H groups in total. The third-order valence-corrected chi connectivity index (χ3v) is 3.75. The summed E-state index contributed by atoms with van der Waals surface area (Å²) in [5.74, 6) is 0.429. The lowest BCUT2D eigenvalue weighted by Gasteiger charge is -2.33. The fraction of sp³-hybridized carbons (Fsp3) is 0.400. The van der Waals surface area contributed by atoms with Crippen LogP contribution in [0.5, 0.6) is 0 Å². The Bertz CT molecular complexity index is 665. The number of halogens is 1. The lowest BCUT2D eigenvalue weighted by Crippen LogP contribution is -2.47. The summed E-state index contributed by atoms with van der Waals surface area (Å²) in [6, 6.07) is 6.31. The summed E-state index contributed by atoms with van der Waals surface area (Å²) in [4.78, 5) is 19.5. The van der Waals surface area contributed by atoms with Gasteiger partial charge in [-0.25, -0.2) is 4.39 Å². The SMILES string of the molecule is CC(=O)N1CCN(Cc2noc(-c3ccccc3F)n2)CC1. The summed E-state index contributed by atoms with van der Waals surface area (Å²) in [6.07, 6.45) is 0. The van der Waals surface area contributed by atoms with Crippen LogP contribution in [0.15, 0.2) is 28.8 Å². The van der Waals surface area contributed by atoms with Crippen LogP contribution in [0.1, 0.15) is 12.7 Å². The van der Waals surface area contributed by atoms with Gasteiger partial charge in [0.05, 0.1) is 12.1 Å². The molecule has 0 bridgehead atoms. The monoisotopic (exact) mass is 304 g/mol. The molecule has 6 nitrogen and oxygen atoms in total. The predicted molar refractivity (Wildman–Crippen MR) is 77.2 cm³/mol. The van der Waals surface area contributed by atoms with Gasteiger partial charge >= 0.3 is 0 Å². The third-order valence-electron chi connectivity index (χ3n) is 3.75. The van der Waals surface area contributed by atoms with Crippen LogP contribution < -0.4 is 0 Å². The van der Waals surface area contributed by atoms with Crippen molar-refractivity contribution in [1.82, 2.24) is 19.9 Å². The molecule has 1 aromatic carbocycles. The molecule has 1 aromatic heterocycles. The Morgan fingerprint density at radius 1 is 1.27 bits per heavy atom. The van der Waals surface area contributed by atoms with E-state index in [9.17, 15) is 9.18 Å². The van der Waals surface area contributed by atoms with Crippen LogP contribution >= 0.6 is 0 Å². The Morgan fingerprint density at radius 3 is 2.68 bits per heavy atom. The number of amides is 1. The summed E-state index contributed by atoms with van der Waals surface area (Å²) < 4.78 is 18.8. The Hall–Kier alpha value is -2.28. The first-order valence-corrected chi connectivity index (χ1v) is 7.19. The molecule has 1 saturated heterocycles. The molecule has 0 atom stereocenters. The van der Waals surface area contributed by atoms with E-state index in [4.69, 9.17) is 4.52 Å². The largest absolute Gasteiger partial charge is 0.340 e. The van der Waals surface area contributed by atoms with Crippen LogP contribution in [0.2, 0.25) is 0 Å². The molecule has 1 fully saturated rings. The first-order chi connectivity index (χ1) is 10.6. The second-order valence-corrected chi connectivity index (χ2v) is 5.28. The number of carbonyl (C=O) groups excluding carboxylic acids is 1. The minimum absolute atomic E-state index is 0.0982. The maximum absolute atomic E-state index is 13.7. The zero-order valence-corrected chi connectivity index (χ0v) is 12.3. The number of piperazine rings is 1. The van der Waals surface area contributed by atoms with Crippen molar-refractivity contribution in [3.05, 3.63) is 35.9 Å². The number of benzene rings is 1. The molecule has 1 amide bonds. The summed E-state index contributed by atoms with van der Waals surface area (Å²) in [5, 5.41) is 3.91. The van der Waals surface area contributed by atoms with Crippen LogP contribution in [0.3, 0.4) is 0 Å². The van der Waals surface area contributed by atoms with E-state index in [1.165, 1.54) is 6.07 Å². The molecule has 0 saturated carbocycles. The van der Waals surface area contributed by atoms with Crippen molar-refractivity contribution in [3.8, 4) is 11.5 Å². The van der Waals surface area contributed by atoms with Crippen molar-refractivity contribution in [2.24, 2.45) is 0 Å². The first-order valence-electron chi connectivity index (χ1n) is 7.19. The first kappa shape index (κ1) is 14.6. The van der Waals surface area contributed by atoms with Crippen LogP contribution in [-0.4, -0.2) is 52.0 Å². The Balaban J connectivity index is 1.63. The van der Waals surface area contributed by atoms with Crippen LogP contribution in [0.25, 0.3) is 11.5 Å². The lowest BCUT2D eigenvalue weighted by molar-refractivity contribution is -0.130. The average molecular weight is 304 g/mol. The Kier molecular flexibility index (Phi) is 4.15. The molecule has 7 heteroatoms. The van der Waals surface area contributed by atoms with Gasteiger partial charge in [-0.05, 0) is 12.1 Å². The van der Waals surface area contributed by atoms with Gasteiger partial charge in [-0.1, -0.05) is 17.3 Å². The van der Waals surface area contributed by atoms with Gasteiger partial charge in [0, 0.05) is 33.1 Å². The lowest BCUT2D eigenvalue weighted by atomic mass is 10.2. The normalized spacial score (nSPS) is 16.0. The smallest absolute Gasteiger partial charge is 0.260 e. The molecule has 3 rings (SSSR count). The standard InChI is InChI=1S/C15H17FN4O2/c1-11(21)20-8-6-19(7-9-20)10-14-17-15(22-18-14)12-4-2-3-5-13(12)16/h2-5H,6-10H2,1H3. The molecule has 2 aromatic rings. The number of carbonyl (C=O) groups is 1. The summed E-state index contributed by atoms with van der Waals surface area (Å²) in [5.41, 5.74) is 0.308. The van der Waals surface area contributed by atoms with Crippen LogP contribution in [0, 0.1) is 5.82 Å². The summed E-state index contributed by atoms with van der Waals surface area (Å²) in [6.45, 7) is 5.05. The van der Waals surface area contributed by atoms with Crippen LogP contribution in [-0.2, 0) is 11.3 Å². The van der Waals surface area contributed by atoms with E-state index < -0.39 is 0 Å². The van der Waals surface area contributed by atoms with Gasteiger partial charge in [-0.15, -0.1) is 0 Å². The van der Waals surface area contributed by atoms with E-state index in [1.807, 2.05) is 4.90 Å². The number of nitrogens with zero attached hydrogens (tertiary/aromatic N) is 4. The van der Waals surface area contributed by atoms with Crippen LogP contribution in [0.4, 0.5) is 4.39 Å². The van der Waals surface area contributed by atoms with E-state index >= 15 is 0 Å². The molecule has 0 aliphatic carbocycles. The van der Waals surface area contributed by atoms with E-state index in [2.05, 4.69) is 15.0 Å². The topological polar surface area (TPSA) is 62.5 Å².